The fourth-order valence-corrected chi connectivity index (χ4v) is 1.55. The van der Waals surface area contributed by atoms with E-state index in [0.29, 0.717) is 0 Å². The maximum Gasteiger partial charge on any atom is 0.123 e. The molecule has 1 rings (SSSR count). The lowest BCUT2D eigenvalue weighted by atomic mass is 10.1. The summed E-state index contributed by atoms with van der Waals surface area (Å²) < 4.78 is 12.6. The molecule has 0 amide bonds. The van der Waals surface area contributed by atoms with Crippen LogP contribution in [-0.2, 0) is 6.42 Å². The number of halogens is 1. The predicted octanol–water partition coefficient (Wildman–Crippen LogP) is 2.12. The molecule has 0 heterocycles. The van der Waals surface area contributed by atoms with Gasteiger partial charge >= 0.3 is 0 Å². The van der Waals surface area contributed by atoms with E-state index in [4.69, 9.17) is 5.11 Å². The van der Waals surface area contributed by atoms with Crippen LogP contribution in [0.2, 0.25) is 0 Å². The second kappa shape index (κ2) is 8.25. The Bertz CT molecular complexity index is 274. The summed E-state index contributed by atoms with van der Waals surface area (Å²) in [5.74, 6) is -0.180. The van der Waals surface area contributed by atoms with Gasteiger partial charge in [-0.3, -0.25) is 0 Å². The standard InChI is InChI=1S/C13H20FNO/c14-13-6-4-12(5-7-13)8-10-15-9-2-1-3-11-16/h4-7,15-16H,1-3,8-11H2. The largest absolute Gasteiger partial charge is 0.396 e. The van der Waals surface area contributed by atoms with Crippen molar-refractivity contribution in [3.8, 4) is 0 Å². The SMILES string of the molecule is OCCCCCNCCc1ccc(F)cc1. The molecule has 0 aliphatic carbocycles. The molecule has 0 fully saturated rings. The molecule has 0 saturated heterocycles. The number of hydrogen-bond acceptors (Lipinski definition) is 2. The molecule has 0 aliphatic heterocycles. The summed E-state index contributed by atoms with van der Waals surface area (Å²) in [6.07, 6.45) is 3.99. The second-order valence-corrected chi connectivity index (χ2v) is 3.91. The Kier molecular flexibility index (Phi) is 6.77. The molecule has 2 N–H and O–H groups in total. The lowest BCUT2D eigenvalue weighted by molar-refractivity contribution is 0.283. The highest BCUT2D eigenvalue weighted by Crippen LogP contribution is 2.02. The maximum atomic E-state index is 12.6. The van der Waals surface area contributed by atoms with Crippen LogP contribution in [0.4, 0.5) is 4.39 Å². The molecule has 3 heteroatoms. The minimum Gasteiger partial charge on any atom is -0.396 e. The lowest BCUT2D eigenvalue weighted by Gasteiger charge is -2.04. The van der Waals surface area contributed by atoms with Gasteiger partial charge in [0.25, 0.3) is 0 Å². The number of nitrogens with one attached hydrogen (secondary N) is 1. The van der Waals surface area contributed by atoms with Crippen molar-refractivity contribution in [2.24, 2.45) is 0 Å². The summed E-state index contributed by atoms with van der Waals surface area (Å²) in [6, 6.07) is 6.64. The molecule has 1 aromatic carbocycles. The number of aliphatic hydroxyl groups excluding tert-OH is 1. The topological polar surface area (TPSA) is 32.3 Å². The summed E-state index contributed by atoms with van der Waals surface area (Å²) in [6.45, 7) is 2.20. The molecule has 2 nitrogen and oxygen atoms in total. The molecule has 0 aliphatic rings. The number of unbranched alkanes of at least 4 members (excludes halogenated alkanes) is 2. The smallest absolute Gasteiger partial charge is 0.123 e. The average Bonchev–Trinajstić information content (AvgIpc) is 2.30. The van der Waals surface area contributed by atoms with Gasteiger partial charge in [-0.1, -0.05) is 12.1 Å². The number of benzene rings is 1. The van der Waals surface area contributed by atoms with Gasteiger partial charge in [-0.05, 0) is 56.5 Å². The molecule has 0 bridgehead atoms. The van der Waals surface area contributed by atoms with Crippen LogP contribution in [-0.4, -0.2) is 24.8 Å². The van der Waals surface area contributed by atoms with Crippen LogP contribution in [0.5, 0.6) is 0 Å². The van der Waals surface area contributed by atoms with Gasteiger partial charge in [0.2, 0.25) is 0 Å². The third kappa shape index (κ3) is 5.83. The average molecular weight is 225 g/mol. The second-order valence-electron chi connectivity index (χ2n) is 3.91. The first-order valence-electron chi connectivity index (χ1n) is 5.89. The molecule has 90 valence electrons. The molecule has 0 saturated carbocycles. The normalized spacial score (nSPS) is 10.6. The summed E-state index contributed by atoms with van der Waals surface area (Å²) in [5, 5.41) is 11.9. The van der Waals surface area contributed by atoms with E-state index in [1.807, 2.05) is 12.1 Å². The summed E-state index contributed by atoms with van der Waals surface area (Å²) in [5.41, 5.74) is 1.16. The molecule has 1 aromatic rings. The third-order valence-electron chi connectivity index (χ3n) is 2.52. The Morgan fingerprint density at radius 1 is 1.00 bits per heavy atom. The summed E-state index contributed by atoms with van der Waals surface area (Å²) in [7, 11) is 0. The Morgan fingerprint density at radius 3 is 2.44 bits per heavy atom. The minimum absolute atomic E-state index is 0.180. The van der Waals surface area contributed by atoms with Gasteiger partial charge in [0, 0.05) is 6.61 Å². The first-order valence-corrected chi connectivity index (χ1v) is 5.89. The van der Waals surface area contributed by atoms with E-state index in [1.54, 1.807) is 0 Å². The summed E-state index contributed by atoms with van der Waals surface area (Å²) in [4.78, 5) is 0. The van der Waals surface area contributed by atoms with Crippen LogP contribution < -0.4 is 5.32 Å². The van der Waals surface area contributed by atoms with E-state index < -0.39 is 0 Å². The van der Waals surface area contributed by atoms with Gasteiger partial charge in [-0.15, -0.1) is 0 Å². The van der Waals surface area contributed by atoms with Crippen molar-refractivity contribution < 1.29 is 9.50 Å². The first-order chi connectivity index (χ1) is 7.83. The van der Waals surface area contributed by atoms with Crippen molar-refractivity contribution in [2.45, 2.75) is 25.7 Å². The quantitative estimate of drug-likeness (QED) is 0.664. The van der Waals surface area contributed by atoms with Crippen LogP contribution in [0.15, 0.2) is 24.3 Å². The van der Waals surface area contributed by atoms with Crippen LogP contribution in [0.25, 0.3) is 0 Å². The first kappa shape index (κ1) is 13.1. The van der Waals surface area contributed by atoms with Gasteiger partial charge in [-0.25, -0.2) is 4.39 Å². The Labute approximate surface area is 96.5 Å². The van der Waals surface area contributed by atoms with Crippen molar-refractivity contribution >= 4 is 0 Å². The molecular formula is C13H20FNO. The predicted molar refractivity (Wildman–Crippen MR) is 63.9 cm³/mol. The molecule has 0 atom stereocenters. The lowest BCUT2D eigenvalue weighted by Crippen LogP contribution is -2.18. The minimum atomic E-state index is -0.180. The van der Waals surface area contributed by atoms with Crippen molar-refractivity contribution in [1.29, 1.82) is 0 Å². The Morgan fingerprint density at radius 2 is 1.75 bits per heavy atom. The zero-order valence-electron chi connectivity index (χ0n) is 9.58. The van der Waals surface area contributed by atoms with Crippen molar-refractivity contribution in [3.05, 3.63) is 35.6 Å². The molecule has 0 spiro atoms. The van der Waals surface area contributed by atoms with E-state index in [9.17, 15) is 4.39 Å². The van der Waals surface area contributed by atoms with Gasteiger partial charge in [-0.2, -0.15) is 0 Å². The zero-order valence-corrected chi connectivity index (χ0v) is 9.58. The maximum absolute atomic E-state index is 12.6. The van der Waals surface area contributed by atoms with Gasteiger partial charge in [0.15, 0.2) is 0 Å². The number of hydrogen-bond donors (Lipinski definition) is 2. The molecular weight excluding hydrogens is 205 g/mol. The van der Waals surface area contributed by atoms with E-state index >= 15 is 0 Å². The monoisotopic (exact) mass is 225 g/mol. The van der Waals surface area contributed by atoms with E-state index in [2.05, 4.69) is 5.32 Å². The molecule has 0 radical (unpaired) electrons. The fourth-order valence-electron chi connectivity index (χ4n) is 1.55. The highest BCUT2D eigenvalue weighted by atomic mass is 19.1. The fraction of sp³-hybridized carbons (Fsp3) is 0.538. The van der Waals surface area contributed by atoms with Crippen molar-refractivity contribution in [2.75, 3.05) is 19.7 Å². The number of aliphatic hydroxyl groups is 1. The van der Waals surface area contributed by atoms with E-state index in [1.165, 1.54) is 12.1 Å². The van der Waals surface area contributed by atoms with E-state index in [0.717, 1.165) is 44.3 Å². The van der Waals surface area contributed by atoms with E-state index in [-0.39, 0.29) is 12.4 Å². The van der Waals surface area contributed by atoms with Crippen LogP contribution >= 0.6 is 0 Å². The molecule has 0 aromatic heterocycles. The van der Waals surface area contributed by atoms with Crippen molar-refractivity contribution in [1.82, 2.24) is 5.32 Å². The molecule has 0 unspecified atom stereocenters. The molecule has 16 heavy (non-hydrogen) atoms. The van der Waals surface area contributed by atoms with Crippen molar-refractivity contribution in [3.63, 3.8) is 0 Å². The third-order valence-corrected chi connectivity index (χ3v) is 2.52. The van der Waals surface area contributed by atoms with Crippen LogP contribution in [0.3, 0.4) is 0 Å². The highest BCUT2D eigenvalue weighted by Gasteiger charge is 1.94. The highest BCUT2D eigenvalue weighted by molar-refractivity contribution is 5.16. The zero-order chi connectivity index (χ0) is 11.6. The number of rotatable bonds is 8. The Balaban J connectivity index is 2.01. The van der Waals surface area contributed by atoms with Gasteiger partial charge in [0.05, 0.1) is 0 Å². The van der Waals surface area contributed by atoms with Crippen LogP contribution in [0.1, 0.15) is 24.8 Å². The summed E-state index contributed by atoms with van der Waals surface area (Å²) >= 11 is 0. The van der Waals surface area contributed by atoms with Gasteiger partial charge in [0.1, 0.15) is 5.82 Å². The van der Waals surface area contributed by atoms with Crippen LogP contribution in [0, 0.1) is 5.82 Å². The van der Waals surface area contributed by atoms with Gasteiger partial charge < -0.3 is 10.4 Å². The Hall–Kier alpha value is -0.930.